The molecule has 2 amide bonds. The van der Waals surface area contributed by atoms with Crippen LogP contribution in [0.25, 0.3) is 0 Å². The lowest BCUT2D eigenvalue weighted by atomic mass is 10.0. The highest BCUT2D eigenvalue weighted by Gasteiger charge is 2.44. The number of carbonyl (C=O) groups excluding carboxylic acids is 3. The molecule has 0 bridgehead atoms. The highest BCUT2D eigenvalue weighted by Crippen LogP contribution is 2.33. The minimum Gasteiger partial charge on any atom is -0.497 e. The molecule has 0 N–H and O–H groups in total. The molecule has 2 aliphatic rings. The molecule has 0 radical (unpaired) electrons. The molecular formula is C32H33FN2O5. The van der Waals surface area contributed by atoms with E-state index in [1.165, 1.54) is 26.4 Å². The molecule has 0 aromatic heterocycles. The minimum absolute atomic E-state index is 0.0478. The van der Waals surface area contributed by atoms with Crippen molar-refractivity contribution in [3.63, 3.8) is 0 Å². The summed E-state index contributed by atoms with van der Waals surface area (Å²) in [7, 11) is 3.03. The molecule has 0 saturated carbocycles. The first-order chi connectivity index (χ1) is 19.4. The quantitative estimate of drug-likeness (QED) is 0.363. The Morgan fingerprint density at radius 1 is 0.900 bits per heavy atom. The molecule has 2 aliphatic heterocycles. The summed E-state index contributed by atoms with van der Waals surface area (Å²) in [6.45, 7) is 1.71. The molecule has 0 aliphatic carbocycles. The molecule has 2 heterocycles. The average molecular weight is 545 g/mol. The number of Topliss-reactive ketones (excluding diaryl/α,β-unsaturated/α-hetero) is 1. The topological polar surface area (TPSA) is 76.2 Å². The fraction of sp³-hybridized carbons (Fsp3) is 0.344. The maximum atomic E-state index is 13.6. The van der Waals surface area contributed by atoms with Gasteiger partial charge in [-0.25, -0.2) is 4.39 Å². The van der Waals surface area contributed by atoms with Crippen molar-refractivity contribution >= 4 is 17.6 Å². The van der Waals surface area contributed by atoms with E-state index in [1.54, 1.807) is 30.3 Å². The summed E-state index contributed by atoms with van der Waals surface area (Å²) < 4.78 is 24.1. The Hall–Kier alpha value is -4.20. The van der Waals surface area contributed by atoms with Crippen molar-refractivity contribution in [2.24, 2.45) is 5.92 Å². The zero-order valence-corrected chi connectivity index (χ0v) is 22.8. The first-order valence-electron chi connectivity index (χ1n) is 13.5. The molecule has 2 fully saturated rings. The van der Waals surface area contributed by atoms with Crippen LogP contribution in [-0.4, -0.2) is 67.3 Å². The molecule has 208 valence electrons. The highest BCUT2D eigenvalue weighted by atomic mass is 19.1. The van der Waals surface area contributed by atoms with Crippen molar-refractivity contribution in [3.8, 4) is 11.5 Å². The Labute approximate surface area is 233 Å². The number of amides is 2. The van der Waals surface area contributed by atoms with Gasteiger partial charge in [0.05, 0.1) is 25.8 Å². The number of hydrogen-bond acceptors (Lipinski definition) is 5. The number of rotatable bonds is 9. The van der Waals surface area contributed by atoms with Gasteiger partial charge in [0.25, 0.3) is 5.91 Å². The maximum Gasteiger partial charge on any atom is 0.253 e. The lowest BCUT2D eigenvalue weighted by Crippen LogP contribution is -2.40. The minimum atomic E-state index is -0.281. The molecule has 5 rings (SSSR count). The number of nitrogens with zero attached hydrogens (tertiary/aromatic N) is 2. The van der Waals surface area contributed by atoms with E-state index >= 15 is 0 Å². The van der Waals surface area contributed by atoms with Gasteiger partial charge in [-0.05, 0) is 66.4 Å². The fourth-order valence-corrected chi connectivity index (χ4v) is 5.85. The molecule has 0 unspecified atom stereocenters. The SMILES string of the molecule is COc1ccc(OC)c(C(=O)CCC(=O)N2CC[C@H]3CN(C(=O)c4cccc(Cc5cccc(F)c5)c4)C[C@H]32)c1. The summed E-state index contributed by atoms with van der Waals surface area (Å²) in [5, 5.41) is 0. The second-order valence-electron chi connectivity index (χ2n) is 10.4. The molecule has 40 heavy (non-hydrogen) atoms. The van der Waals surface area contributed by atoms with Gasteiger partial charge < -0.3 is 19.3 Å². The van der Waals surface area contributed by atoms with Crippen molar-refractivity contribution in [2.45, 2.75) is 31.7 Å². The smallest absolute Gasteiger partial charge is 0.253 e. The Morgan fingerprint density at radius 2 is 1.68 bits per heavy atom. The van der Waals surface area contributed by atoms with E-state index in [2.05, 4.69) is 0 Å². The number of carbonyl (C=O) groups is 3. The third-order valence-electron chi connectivity index (χ3n) is 7.90. The summed E-state index contributed by atoms with van der Waals surface area (Å²) in [5.41, 5.74) is 2.76. The standard InChI is InChI=1S/C32H33FN2O5/c1-39-26-9-11-30(40-2)27(18-26)29(36)10-12-31(37)35-14-13-24-19-34(20-28(24)35)32(38)23-7-3-5-21(16-23)15-22-6-4-8-25(33)17-22/h3-9,11,16-18,24,28H,10,12-15,19-20H2,1-2H3/t24-,28+/m0/s1. The van der Waals surface area contributed by atoms with Crippen molar-refractivity contribution in [3.05, 3.63) is 94.8 Å². The van der Waals surface area contributed by atoms with Crippen molar-refractivity contribution in [2.75, 3.05) is 33.9 Å². The lowest BCUT2D eigenvalue weighted by molar-refractivity contribution is -0.132. The molecule has 3 aromatic rings. The summed E-state index contributed by atoms with van der Waals surface area (Å²) in [5.74, 6) is 0.616. The highest BCUT2D eigenvalue weighted by molar-refractivity contribution is 6.00. The van der Waals surface area contributed by atoms with E-state index in [1.807, 2.05) is 34.1 Å². The maximum absolute atomic E-state index is 13.6. The van der Waals surface area contributed by atoms with Gasteiger partial charge in [0.15, 0.2) is 5.78 Å². The van der Waals surface area contributed by atoms with E-state index in [4.69, 9.17) is 9.47 Å². The zero-order chi connectivity index (χ0) is 28.2. The van der Waals surface area contributed by atoms with Crippen LogP contribution in [0.15, 0.2) is 66.7 Å². The Bertz CT molecular complexity index is 1420. The van der Waals surface area contributed by atoms with E-state index < -0.39 is 0 Å². The number of methoxy groups -OCH3 is 2. The van der Waals surface area contributed by atoms with Crippen molar-refractivity contribution < 1.29 is 28.2 Å². The molecule has 7 nitrogen and oxygen atoms in total. The lowest BCUT2D eigenvalue weighted by Gasteiger charge is -2.25. The normalized spacial score (nSPS) is 18.0. The second kappa shape index (κ2) is 11.9. The number of likely N-dealkylation sites (tertiary alicyclic amines) is 2. The van der Waals surface area contributed by atoms with Crippen LogP contribution >= 0.6 is 0 Å². The van der Waals surface area contributed by atoms with Gasteiger partial charge in [0.2, 0.25) is 5.91 Å². The van der Waals surface area contributed by atoms with Gasteiger partial charge in [-0.3, -0.25) is 14.4 Å². The summed E-state index contributed by atoms with van der Waals surface area (Å²) in [6, 6.07) is 18.9. The summed E-state index contributed by atoms with van der Waals surface area (Å²) in [6.07, 6.45) is 1.53. The Balaban J connectivity index is 1.19. The van der Waals surface area contributed by atoms with Crippen LogP contribution in [-0.2, 0) is 11.2 Å². The third-order valence-corrected chi connectivity index (χ3v) is 7.90. The first-order valence-corrected chi connectivity index (χ1v) is 13.5. The van der Waals surface area contributed by atoms with Gasteiger partial charge in [-0.1, -0.05) is 24.3 Å². The predicted octanol–water partition coefficient (Wildman–Crippen LogP) is 4.77. The van der Waals surface area contributed by atoms with Crippen LogP contribution < -0.4 is 9.47 Å². The largest absolute Gasteiger partial charge is 0.497 e. The number of ketones is 1. The monoisotopic (exact) mass is 544 g/mol. The molecule has 2 saturated heterocycles. The van der Waals surface area contributed by atoms with Gasteiger partial charge in [-0.2, -0.15) is 0 Å². The third kappa shape index (κ3) is 5.86. The molecule has 3 aromatic carbocycles. The fourth-order valence-electron chi connectivity index (χ4n) is 5.85. The number of hydrogen-bond donors (Lipinski definition) is 0. The number of ether oxygens (including phenoxy) is 2. The summed E-state index contributed by atoms with van der Waals surface area (Å²) >= 11 is 0. The van der Waals surface area contributed by atoms with Gasteiger partial charge in [0, 0.05) is 44.0 Å². The van der Waals surface area contributed by atoms with Gasteiger partial charge in [-0.15, -0.1) is 0 Å². The van der Waals surface area contributed by atoms with Crippen LogP contribution in [0.3, 0.4) is 0 Å². The first kappa shape index (κ1) is 27.4. The van der Waals surface area contributed by atoms with Crippen LogP contribution in [0.5, 0.6) is 11.5 Å². The predicted molar refractivity (Wildman–Crippen MR) is 148 cm³/mol. The average Bonchev–Trinajstić information content (AvgIpc) is 3.56. The molecule has 0 spiro atoms. The zero-order valence-electron chi connectivity index (χ0n) is 22.8. The number of benzene rings is 3. The van der Waals surface area contributed by atoms with E-state index in [0.29, 0.717) is 48.7 Å². The van der Waals surface area contributed by atoms with Crippen LogP contribution in [0.2, 0.25) is 0 Å². The number of fused-ring (bicyclic) bond motifs is 1. The van der Waals surface area contributed by atoms with Crippen LogP contribution in [0.4, 0.5) is 4.39 Å². The van der Waals surface area contributed by atoms with Gasteiger partial charge in [0.1, 0.15) is 17.3 Å². The van der Waals surface area contributed by atoms with E-state index in [9.17, 15) is 18.8 Å². The molecule has 8 heteroatoms. The van der Waals surface area contributed by atoms with Crippen LogP contribution in [0.1, 0.15) is 51.1 Å². The van der Waals surface area contributed by atoms with Crippen molar-refractivity contribution in [1.82, 2.24) is 9.80 Å². The summed E-state index contributed by atoms with van der Waals surface area (Å²) in [4.78, 5) is 43.2. The van der Waals surface area contributed by atoms with E-state index in [0.717, 1.165) is 17.5 Å². The molecular weight excluding hydrogens is 511 g/mol. The number of halogens is 1. The Morgan fingerprint density at radius 3 is 2.42 bits per heavy atom. The van der Waals surface area contributed by atoms with Crippen LogP contribution in [0, 0.1) is 11.7 Å². The van der Waals surface area contributed by atoms with Gasteiger partial charge >= 0.3 is 0 Å². The van der Waals surface area contributed by atoms with E-state index in [-0.39, 0.29) is 48.2 Å². The van der Waals surface area contributed by atoms with Crippen molar-refractivity contribution in [1.29, 1.82) is 0 Å². The molecule has 2 atom stereocenters. The second-order valence-corrected chi connectivity index (χ2v) is 10.4. The Kier molecular flexibility index (Phi) is 8.14.